The van der Waals surface area contributed by atoms with E-state index in [1.807, 2.05) is 30.0 Å². The number of benzene rings is 1. The van der Waals surface area contributed by atoms with Crippen LogP contribution in [-0.2, 0) is 0 Å². The number of piperazine rings is 1. The lowest BCUT2D eigenvalue weighted by molar-refractivity contribution is 0.252. The molecular weight excluding hydrogens is 344 g/mol. The molecule has 6 heteroatoms. The molecule has 2 aliphatic rings. The molecule has 1 aromatic carbocycles. The molecule has 1 aliphatic carbocycles. The second-order valence-electron chi connectivity index (χ2n) is 7.10. The summed E-state index contributed by atoms with van der Waals surface area (Å²) in [7, 11) is 0. The molecule has 2 N–H and O–H groups in total. The zero-order valence-corrected chi connectivity index (χ0v) is 16.7. The molecule has 1 aliphatic heterocycles. The van der Waals surface area contributed by atoms with Crippen LogP contribution in [0.1, 0.15) is 32.6 Å². The van der Waals surface area contributed by atoms with Gasteiger partial charge in [0.2, 0.25) is 0 Å². The van der Waals surface area contributed by atoms with Crippen LogP contribution in [0, 0.1) is 0 Å². The number of urea groups is 1. The summed E-state index contributed by atoms with van der Waals surface area (Å²) in [4.78, 5) is 17.1. The fourth-order valence-electron chi connectivity index (χ4n) is 3.77. The first kappa shape index (κ1) is 19.4. The Morgan fingerprint density at radius 2 is 1.88 bits per heavy atom. The molecule has 0 aromatic heterocycles. The highest BCUT2D eigenvalue weighted by Gasteiger charge is 2.19. The summed E-state index contributed by atoms with van der Waals surface area (Å²) < 4.78 is 0. The average molecular weight is 377 g/mol. The fraction of sp³-hybridized carbons (Fsp3) is 0.650. The zero-order chi connectivity index (χ0) is 18.2. The highest BCUT2D eigenvalue weighted by atomic mass is 32.2. The molecule has 144 valence electrons. The van der Waals surface area contributed by atoms with Crippen LogP contribution in [0.5, 0.6) is 0 Å². The largest absolute Gasteiger partial charge is 0.367 e. The molecule has 1 aromatic rings. The van der Waals surface area contributed by atoms with Crippen molar-refractivity contribution in [1.82, 2.24) is 10.2 Å². The highest BCUT2D eigenvalue weighted by Crippen LogP contribution is 2.29. The second-order valence-corrected chi connectivity index (χ2v) is 8.50. The third-order valence-electron chi connectivity index (χ3n) is 5.36. The maximum atomic E-state index is 12.3. The topological polar surface area (TPSA) is 47.6 Å². The minimum Gasteiger partial charge on any atom is -0.367 e. The number of carbonyl (C=O) groups is 1. The van der Waals surface area contributed by atoms with E-state index in [4.69, 9.17) is 0 Å². The van der Waals surface area contributed by atoms with E-state index >= 15 is 0 Å². The van der Waals surface area contributed by atoms with Crippen molar-refractivity contribution in [3.8, 4) is 0 Å². The second kappa shape index (κ2) is 10.1. The number of amides is 2. The van der Waals surface area contributed by atoms with Gasteiger partial charge in [0.1, 0.15) is 0 Å². The first-order valence-electron chi connectivity index (χ1n) is 9.99. The van der Waals surface area contributed by atoms with E-state index in [0.29, 0.717) is 0 Å². The molecule has 0 bridgehead atoms. The van der Waals surface area contributed by atoms with Crippen LogP contribution in [-0.4, -0.2) is 61.2 Å². The lowest BCUT2D eigenvalue weighted by Crippen LogP contribution is -2.46. The van der Waals surface area contributed by atoms with Gasteiger partial charge in [-0.25, -0.2) is 4.79 Å². The number of carbonyl (C=O) groups excluding carboxylic acids is 1. The molecular formula is C20H32N4OS. The van der Waals surface area contributed by atoms with Gasteiger partial charge in [0.25, 0.3) is 0 Å². The fourth-order valence-corrected chi connectivity index (χ4v) is 4.99. The molecule has 0 radical (unpaired) electrons. The van der Waals surface area contributed by atoms with Gasteiger partial charge < -0.3 is 20.4 Å². The van der Waals surface area contributed by atoms with Crippen LogP contribution in [0.15, 0.2) is 24.3 Å². The number of nitrogens with zero attached hydrogens (tertiary/aromatic N) is 2. The molecule has 0 unspecified atom stereocenters. The van der Waals surface area contributed by atoms with E-state index in [2.05, 4.69) is 33.4 Å². The zero-order valence-electron chi connectivity index (χ0n) is 15.9. The Balaban J connectivity index is 1.45. The van der Waals surface area contributed by atoms with E-state index < -0.39 is 0 Å². The molecule has 5 nitrogen and oxygen atoms in total. The molecule has 0 spiro atoms. The Hall–Kier alpha value is -1.40. The Morgan fingerprint density at radius 3 is 2.62 bits per heavy atom. The first-order valence-corrected chi connectivity index (χ1v) is 11.0. The molecule has 1 saturated heterocycles. The molecule has 2 amide bonds. The van der Waals surface area contributed by atoms with E-state index in [1.165, 1.54) is 25.7 Å². The molecule has 3 rings (SSSR count). The van der Waals surface area contributed by atoms with Crippen molar-refractivity contribution in [1.29, 1.82) is 0 Å². The van der Waals surface area contributed by atoms with Gasteiger partial charge in [0, 0.05) is 43.7 Å². The van der Waals surface area contributed by atoms with E-state index in [9.17, 15) is 4.79 Å². The van der Waals surface area contributed by atoms with Crippen molar-refractivity contribution in [2.75, 3.05) is 55.2 Å². The number of thioether (sulfide) groups is 1. The maximum Gasteiger partial charge on any atom is 0.319 e. The summed E-state index contributed by atoms with van der Waals surface area (Å²) in [6.07, 6.45) is 5.43. The molecule has 2 fully saturated rings. The van der Waals surface area contributed by atoms with Crippen LogP contribution in [0.25, 0.3) is 0 Å². The van der Waals surface area contributed by atoms with E-state index in [0.717, 1.165) is 61.6 Å². The smallest absolute Gasteiger partial charge is 0.319 e. The maximum absolute atomic E-state index is 12.3. The monoisotopic (exact) mass is 376 g/mol. The third-order valence-corrected chi connectivity index (χ3v) is 6.74. The Kier molecular flexibility index (Phi) is 7.50. The summed E-state index contributed by atoms with van der Waals surface area (Å²) >= 11 is 2.01. The summed E-state index contributed by atoms with van der Waals surface area (Å²) in [6.45, 7) is 8.21. The Bertz CT molecular complexity index is 569. The lowest BCUT2D eigenvalue weighted by atomic mass is 10.2. The van der Waals surface area contributed by atoms with Gasteiger partial charge in [-0.15, -0.1) is 0 Å². The third kappa shape index (κ3) is 5.55. The van der Waals surface area contributed by atoms with Crippen LogP contribution in [0.2, 0.25) is 0 Å². The minimum atomic E-state index is -0.100. The van der Waals surface area contributed by atoms with E-state index in [-0.39, 0.29) is 6.03 Å². The molecule has 0 atom stereocenters. The number of nitrogens with one attached hydrogen (secondary N) is 2. The summed E-state index contributed by atoms with van der Waals surface area (Å²) in [6, 6.07) is 8.03. The SMILES string of the molecule is CCN1CCN(c2ccccc2NC(=O)NCCSC2CCCC2)CC1. The van der Waals surface area contributed by atoms with Gasteiger partial charge >= 0.3 is 6.03 Å². The van der Waals surface area contributed by atoms with E-state index in [1.54, 1.807) is 0 Å². The minimum absolute atomic E-state index is 0.100. The highest BCUT2D eigenvalue weighted by molar-refractivity contribution is 7.99. The van der Waals surface area contributed by atoms with Crippen LogP contribution in [0.4, 0.5) is 16.2 Å². The standard InChI is InChI=1S/C20H32N4OS/c1-2-23-12-14-24(15-13-23)19-10-6-5-9-18(19)22-20(25)21-11-16-26-17-7-3-4-8-17/h5-6,9-10,17H,2-4,7-8,11-16H2,1H3,(H2,21,22,25). The van der Waals surface area contributed by atoms with Crippen molar-refractivity contribution in [2.45, 2.75) is 37.9 Å². The van der Waals surface area contributed by atoms with Gasteiger partial charge in [-0.2, -0.15) is 11.8 Å². The Morgan fingerprint density at radius 1 is 1.15 bits per heavy atom. The number of hydrogen-bond donors (Lipinski definition) is 2. The number of para-hydroxylation sites is 2. The number of likely N-dealkylation sites (N-methyl/N-ethyl adjacent to an activating group) is 1. The normalized spacial score (nSPS) is 18.9. The number of hydrogen-bond acceptors (Lipinski definition) is 4. The Labute approximate surface area is 161 Å². The van der Waals surface area contributed by atoms with Crippen LogP contribution >= 0.6 is 11.8 Å². The van der Waals surface area contributed by atoms with Crippen LogP contribution in [0.3, 0.4) is 0 Å². The van der Waals surface area contributed by atoms with Crippen molar-refractivity contribution >= 4 is 29.2 Å². The van der Waals surface area contributed by atoms with Crippen molar-refractivity contribution < 1.29 is 4.79 Å². The predicted molar refractivity (Wildman–Crippen MR) is 113 cm³/mol. The van der Waals surface area contributed by atoms with Crippen molar-refractivity contribution in [2.24, 2.45) is 0 Å². The summed E-state index contributed by atoms with van der Waals surface area (Å²) in [5, 5.41) is 6.86. The van der Waals surface area contributed by atoms with Gasteiger partial charge in [-0.05, 0) is 31.5 Å². The number of anilines is 2. The van der Waals surface area contributed by atoms with Crippen LogP contribution < -0.4 is 15.5 Å². The van der Waals surface area contributed by atoms with Gasteiger partial charge in [0.15, 0.2) is 0 Å². The quantitative estimate of drug-likeness (QED) is 0.714. The summed E-state index contributed by atoms with van der Waals surface area (Å²) in [5.41, 5.74) is 2.03. The molecule has 1 saturated carbocycles. The van der Waals surface area contributed by atoms with Crippen molar-refractivity contribution in [3.63, 3.8) is 0 Å². The predicted octanol–water partition coefficient (Wildman–Crippen LogP) is 3.63. The average Bonchev–Trinajstić information content (AvgIpc) is 3.19. The van der Waals surface area contributed by atoms with Crippen molar-refractivity contribution in [3.05, 3.63) is 24.3 Å². The molecule has 1 heterocycles. The molecule has 26 heavy (non-hydrogen) atoms. The first-order chi connectivity index (χ1) is 12.8. The summed E-state index contributed by atoms with van der Waals surface area (Å²) in [5.74, 6) is 0.999. The van der Waals surface area contributed by atoms with Gasteiger partial charge in [-0.3, -0.25) is 0 Å². The van der Waals surface area contributed by atoms with Gasteiger partial charge in [-0.1, -0.05) is 31.9 Å². The number of rotatable bonds is 7. The van der Waals surface area contributed by atoms with Gasteiger partial charge in [0.05, 0.1) is 11.4 Å². The lowest BCUT2D eigenvalue weighted by Gasteiger charge is -2.36.